The van der Waals surface area contributed by atoms with E-state index in [0.29, 0.717) is 5.69 Å². The predicted molar refractivity (Wildman–Crippen MR) is 82.9 cm³/mol. The summed E-state index contributed by atoms with van der Waals surface area (Å²) in [6.07, 6.45) is 1.43. The van der Waals surface area contributed by atoms with E-state index in [2.05, 4.69) is 34.2 Å². The minimum Gasteiger partial charge on any atom is -0.293 e. The molecule has 3 heteroatoms. The Labute approximate surface area is 123 Å². The van der Waals surface area contributed by atoms with Crippen LogP contribution in [0.25, 0.3) is 22.4 Å². The third kappa shape index (κ3) is 2.87. The number of ketones is 1. The lowest BCUT2D eigenvalue weighted by molar-refractivity contribution is 0.101. The number of benzene rings is 2. The molecule has 0 aliphatic carbocycles. The highest BCUT2D eigenvalue weighted by molar-refractivity contribution is 5.93. The molecule has 102 valence electrons. The summed E-state index contributed by atoms with van der Waals surface area (Å²) in [6.45, 7) is 1.51. The molecule has 0 spiro atoms. The smallest absolute Gasteiger partial charge is 0.178 e. The minimum atomic E-state index is -0.0575. The molecule has 0 radical (unpaired) electrons. The van der Waals surface area contributed by atoms with Crippen molar-refractivity contribution in [1.82, 2.24) is 9.97 Å². The molecule has 0 saturated carbocycles. The topological polar surface area (TPSA) is 42.9 Å². The number of aromatic nitrogens is 2. The summed E-state index contributed by atoms with van der Waals surface area (Å²) in [5.74, 6) is -0.0575. The van der Waals surface area contributed by atoms with Crippen LogP contribution in [0.2, 0.25) is 0 Å². The van der Waals surface area contributed by atoms with Crippen molar-refractivity contribution in [1.29, 1.82) is 0 Å². The molecule has 0 saturated heterocycles. The summed E-state index contributed by atoms with van der Waals surface area (Å²) >= 11 is 0. The van der Waals surface area contributed by atoms with Gasteiger partial charge in [-0.1, -0.05) is 48.5 Å². The molecular weight excluding hydrogens is 260 g/mol. The van der Waals surface area contributed by atoms with Crippen molar-refractivity contribution in [3.63, 3.8) is 0 Å². The Morgan fingerprint density at radius 2 is 1.52 bits per heavy atom. The van der Waals surface area contributed by atoms with Crippen LogP contribution in [0.4, 0.5) is 0 Å². The van der Waals surface area contributed by atoms with Crippen molar-refractivity contribution in [3.8, 4) is 22.4 Å². The van der Waals surface area contributed by atoms with Gasteiger partial charge in [-0.3, -0.25) is 4.79 Å². The Balaban J connectivity index is 2.04. The van der Waals surface area contributed by atoms with Crippen molar-refractivity contribution in [2.75, 3.05) is 0 Å². The van der Waals surface area contributed by atoms with Crippen molar-refractivity contribution in [2.45, 2.75) is 6.92 Å². The molecule has 1 heterocycles. The van der Waals surface area contributed by atoms with Crippen molar-refractivity contribution in [2.24, 2.45) is 0 Å². The van der Waals surface area contributed by atoms with E-state index in [9.17, 15) is 4.79 Å². The van der Waals surface area contributed by atoms with Gasteiger partial charge in [0.25, 0.3) is 0 Å². The zero-order valence-corrected chi connectivity index (χ0v) is 11.7. The van der Waals surface area contributed by atoms with Crippen LogP contribution in [-0.4, -0.2) is 15.8 Å². The Kier molecular flexibility index (Phi) is 3.56. The standard InChI is InChI=1S/C18H14N2O/c1-13(21)17-11-18(20-12-19-17)16-9-5-8-15(10-16)14-6-3-2-4-7-14/h2-12H,1H3. The van der Waals surface area contributed by atoms with Crippen molar-refractivity contribution < 1.29 is 4.79 Å². The first-order valence-electron chi connectivity index (χ1n) is 6.73. The molecule has 0 atom stereocenters. The largest absolute Gasteiger partial charge is 0.293 e. The van der Waals surface area contributed by atoms with Gasteiger partial charge < -0.3 is 0 Å². The number of rotatable bonds is 3. The molecule has 0 amide bonds. The molecule has 0 bridgehead atoms. The van der Waals surface area contributed by atoms with Crippen LogP contribution in [0.5, 0.6) is 0 Å². The average molecular weight is 274 g/mol. The summed E-state index contributed by atoms with van der Waals surface area (Å²) in [5, 5.41) is 0. The van der Waals surface area contributed by atoms with E-state index in [4.69, 9.17) is 0 Å². The van der Waals surface area contributed by atoms with Crippen molar-refractivity contribution >= 4 is 5.78 Å². The van der Waals surface area contributed by atoms with E-state index in [1.807, 2.05) is 30.3 Å². The van der Waals surface area contributed by atoms with Crippen LogP contribution in [-0.2, 0) is 0 Å². The zero-order valence-electron chi connectivity index (χ0n) is 11.7. The van der Waals surface area contributed by atoms with Crippen molar-refractivity contribution in [3.05, 3.63) is 72.7 Å². The third-order valence-electron chi connectivity index (χ3n) is 3.29. The SMILES string of the molecule is CC(=O)c1cc(-c2cccc(-c3ccccc3)c2)ncn1. The summed E-state index contributed by atoms with van der Waals surface area (Å²) in [6, 6.07) is 20.0. The fraction of sp³-hybridized carbons (Fsp3) is 0.0556. The van der Waals surface area contributed by atoms with E-state index in [-0.39, 0.29) is 5.78 Å². The molecule has 3 rings (SSSR count). The normalized spacial score (nSPS) is 10.3. The summed E-state index contributed by atoms with van der Waals surface area (Å²) in [7, 11) is 0. The van der Waals surface area contributed by atoms with E-state index < -0.39 is 0 Å². The number of hydrogen-bond acceptors (Lipinski definition) is 3. The molecule has 3 aromatic rings. The number of carbonyl (C=O) groups is 1. The van der Waals surface area contributed by atoms with E-state index in [1.54, 1.807) is 6.07 Å². The Morgan fingerprint density at radius 3 is 2.29 bits per heavy atom. The van der Waals surface area contributed by atoms with Gasteiger partial charge in [0.05, 0.1) is 5.69 Å². The quantitative estimate of drug-likeness (QED) is 0.678. The summed E-state index contributed by atoms with van der Waals surface area (Å²) < 4.78 is 0. The number of nitrogens with zero attached hydrogens (tertiary/aromatic N) is 2. The van der Waals surface area contributed by atoms with Gasteiger partial charge in [-0.05, 0) is 23.3 Å². The van der Waals surface area contributed by atoms with Gasteiger partial charge in [0.1, 0.15) is 12.0 Å². The molecule has 1 aromatic heterocycles. The summed E-state index contributed by atoms with van der Waals surface area (Å²) in [5.41, 5.74) is 4.44. The maximum atomic E-state index is 11.4. The van der Waals surface area contributed by atoms with E-state index in [0.717, 1.165) is 22.4 Å². The molecule has 0 unspecified atom stereocenters. The third-order valence-corrected chi connectivity index (χ3v) is 3.29. The van der Waals surface area contributed by atoms with E-state index in [1.165, 1.54) is 13.3 Å². The number of hydrogen-bond donors (Lipinski definition) is 0. The lowest BCUT2D eigenvalue weighted by Gasteiger charge is -2.06. The van der Waals surface area contributed by atoms with Crippen LogP contribution in [0.15, 0.2) is 67.0 Å². The second-order valence-corrected chi connectivity index (χ2v) is 4.79. The second-order valence-electron chi connectivity index (χ2n) is 4.79. The van der Waals surface area contributed by atoms with Gasteiger partial charge in [-0.15, -0.1) is 0 Å². The van der Waals surface area contributed by atoms with Crippen LogP contribution < -0.4 is 0 Å². The molecule has 0 aliphatic rings. The molecular formula is C18H14N2O. The van der Waals surface area contributed by atoms with Gasteiger partial charge in [-0.25, -0.2) is 9.97 Å². The van der Waals surface area contributed by atoms with E-state index >= 15 is 0 Å². The molecule has 0 aliphatic heterocycles. The van der Waals surface area contributed by atoms with Crippen LogP contribution in [0.3, 0.4) is 0 Å². The zero-order chi connectivity index (χ0) is 14.7. The highest BCUT2D eigenvalue weighted by Crippen LogP contribution is 2.25. The highest BCUT2D eigenvalue weighted by atomic mass is 16.1. The number of Topliss-reactive ketones (excluding diaryl/α,β-unsaturated/α-hetero) is 1. The first-order chi connectivity index (χ1) is 10.2. The van der Waals surface area contributed by atoms with Crippen LogP contribution >= 0.6 is 0 Å². The number of carbonyl (C=O) groups excluding carboxylic acids is 1. The van der Waals surface area contributed by atoms with Gasteiger partial charge in [0.15, 0.2) is 5.78 Å². The minimum absolute atomic E-state index is 0.0575. The molecule has 0 fully saturated rings. The Bertz CT molecular complexity index is 782. The monoisotopic (exact) mass is 274 g/mol. The molecule has 2 aromatic carbocycles. The second kappa shape index (κ2) is 5.67. The van der Waals surface area contributed by atoms with Gasteiger partial charge in [0, 0.05) is 12.5 Å². The lowest BCUT2D eigenvalue weighted by atomic mass is 10.0. The fourth-order valence-electron chi connectivity index (χ4n) is 2.20. The molecule has 0 N–H and O–H groups in total. The highest BCUT2D eigenvalue weighted by Gasteiger charge is 2.06. The maximum Gasteiger partial charge on any atom is 0.178 e. The van der Waals surface area contributed by atoms with Crippen LogP contribution in [0, 0.1) is 0 Å². The Morgan fingerprint density at radius 1 is 0.810 bits per heavy atom. The lowest BCUT2D eigenvalue weighted by Crippen LogP contribution is -1.98. The predicted octanol–water partition coefficient (Wildman–Crippen LogP) is 4.01. The molecule has 21 heavy (non-hydrogen) atoms. The first kappa shape index (κ1) is 13.2. The van der Waals surface area contributed by atoms with Gasteiger partial charge >= 0.3 is 0 Å². The Hall–Kier alpha value is -2.81. The summed E-state index contributed by atoms with van der Waals surface area (Å²) in [4.78, 5) is 19.7. The maximum absolute atomic E-state index is 11.4. The van der Waals surface area contributed by atoms with Gasteiger partial charge in [0.2, 0.25) is 0 Å². The average Bonchev–Trinajstić information content (AvgIpc) is 2.56. The fourth-order valence-corrected chi connectivity index (χ4v) is 2.20. The van der Waals surface area contributed by atoms with Gasteiger partial charge in [-0.2, -0.15) is 0 Å². The van der Waals surface area contributed by atoms with Crippen LogP contribution in [0.1, 0.15) is 17.4 Å². The first-order valence-corrected chi connectivity index (χ1v) is 6.73. The molecule has 3 nitrogen and oxygen atoms in total.